The maximum atomic E-state index is 11.6. The Kier molecular flexibility index (Phi) is 6.03. The van der Waals surface area contributed by atoms with Gasteiger partial charge in [0, 0.05) is 6.54 Å². The molecule has 1 aromatic carbocycles. The molecule has 0 fully saturated rings. The van der Waals surface area contributed by atoms with Crippen molar-refractivity contribution in [3.8, 4) is 0 Å². The molecular weight excluding hydrogens is 256 g/mol. The first-order valence-corrected chi connectivity index (χ1v) is 6.61. The van der Waals surface area contributed by atoms with Crippen molar-refractivity contribution >= 4 is 12.5 Å². The van der Waals surface area contributed by atoms with Gasteiger partial charge in [-0.25, -0.2) is 4.79 Å². The number of alkyl carbamates (subject to hydrolysis) is 1. The number of carbonyl (C=O) groups excluding carboxylic acids is 2. The third kappa shape index (κ3) is 6.78. The van der Waals surface area contributed by atoms with E-state index in [0.717, 1.165) is 5.56 Å². The van der Waals surface area contributed by atoms with Crippen LogP contribution in [-0.2, 0) is 16.0 Å². The first-order chi connectivity index (χ1) is 9.40. The summed E-state index contributed by atoms with van der Waals surface area (Å²) >= 11 is 0. The second-order valence-corrected chi connectivity index (χ2v) is 5.55. The predicted molar refractivity (Wildman–Crippen MR) is 77.4 cm³/mol. The molecule has 0 aromatic heterocycles. The lowest BCUT2D eigenvalue weighted by Gasteiger charge is -2.22. The normalized spacial score (nSPS) is 12.3. The maximum Gasteiger partial charge on any atom is 0.407 e. The average Bonchev–Trinajstić information content (AvgIpc) is 2.35. The molecule has 2 N–H and O–H groups in total. The van der Waals surface area contributed by atoms with Crippen LogP contribution in [0.5, 0.6) is 0 Å². The molecule has 1 rings (SSSR count). The number of hydrogen-bond acceptors (Lipinski definition) is 3. The maximum absolute atomic E-state index is 11.6. The van der Waals surface area contributed by atoms with E-state index in [-0.39, 0.29) is 6.04 Å². The Morgan fingerprint density at radius 3 is 2.50 bits per heavy atom. The zero-order valence-corrected chi connectivity index (χ0v) is 12.2. The lowest BCUT2D eigenvalue weighted by atomic mass is 10.1. The number of carbonyl (C=O) groups is 2. The van der Waals surface area contributed by atoms with Gasteiger partial charge in [-0.2, -0.15) is 0 Å². The van der Waals surface area contributed by atoms with Crippen molar-refractivity contribution in [3.05, 3.63) is 35.9 Å². The van der Waals surface area contributed by atoms with Crippen molar-refractivity contribution in [2.24, 2.45) is 0 Å². The van der Waals surface area contributed by atoms with Gasteiger partial charge in [-0.1, -0.05) is 30.3 Å². The average molecular weight is 278 g/mol. The molecule has 0 heterocycles. The fourth-order valence-corrected chi connectivity index (χ4v) is 1.71. The van der Waals surface area contributed by atoms with Crippen LogP contribution in [-0.4, -0.2) is 30.7 Å². The lowest BCUT2D eigenvalue weighted by molar-refractivity contribution is -0.110. The molecule has 5 nitrogen and oxygen atoms in total. The first kappa shape index (κ1) is 16.0. The summed E-state index contributed by atoms with van der Waals surface area (Å²) < 4.78 is 5.15. The van der Waals surface area contributed by atoms with Crippen molar-refractivity contribution < 1.29 is 14.3 Å². The third-order valence-corrected chi connectivity index (χ3v) is 2.52. The summed E-state index contributed by atoms with van der Waals surface area (Å²) in [7, 11) is 0. The zero-order chi connectivity index (χ0) is 15.0. The molecule has 20 heavy (non-hydrogen) atoms. The van der Waals surface area contributed by atoms with E-state index in [4.69, 9.17) is 4.74 Å². The number of ether oxygens (including phenoxy) is 1. The number of nitrogens with one attached hydrogen (secondary N) is 2. The van der Waals surface area contributed by atoms with Crippen LogP contribution < -0.4 is 10.6 Å². The summed E-state index contributed by atoms with van der Waals surface area (Å²) in [6.07, 6.45) is 0.808. The lowest BCUT2D eigenvalue weighted by Crippen LogP contribution is -2.43. The summed E-state index contributed by atoms with van der Waals surface area (Å²) in [4.78, 5) is 22.2. The summed E-state index contributed by atoms with van der Waals surface area (Å²) in [5, 5.41) is 5.36. The van der Waals surface area contributed by atoms with E-state index in [1.165, 1.54) is 0 Å². The second-order valence-electron chi connectivity index (χ2n) is 5.55. The molecule has 1 aromatic rings. The van der Waals surface area contributed by atoms with E-state index >= 15 is 0 Å². The second kappa shape index (κ2) is 7.53. The third-order valence-electron chi connectivity index (χ3n) is 2.52. The van der Waals surface area contributed by atoms with Crippen LogP contribution in [0.3, 0.4) is 0 Å². The monoisotopic (exact) mass is 278 g/mol. The molecule has 5 heteroatoms. The highest BCUT2D eigenvalue weighted by Gasteiger charge is 2.17. The van der Waals surface area contributed by atoms with Gasteiger partial charge >= 0.3 is 6.09 Å². The molecule has 0 aliphatic heterocycles. The van der Waals surface area contributed by atoms with Gasteiger partial charge in [-0.15, -0.1) is 0 Å². The van der Waals surface area contributed by atoms with Crippen LogP contribution in [0.1, 0.15) is 26.3 Å². The van der Waals surface area contributed by atoms with Gasteiger partial charge < -0.3 is 15.4 Å². The Morgan fingerprint density at radius 1 is 1.30 bits per heavy atom. The van der Waals surface area contributed by atoms with Crippen LogP contribution in [0.2, 0.25) is 0 Å². The van der Waals surface area contributed by atoms with Crippen molar-refractivity contribution in [1.29, 1.82) is 0 Å². The number of hydrogen-bond donors (Lipinski definition) is 2. The number of amides is 2. The number of rotatable bonds is 6. The molecule has 1 atom stereocenters. The Morgan fingerprint density at radius 2 is 1.95 bits per heavy atom. The van der Waals surface area contributed by atoms with Gasteiger partial charge in [0.15, 0.2) is 0 Å². The smallest absolute Gasteiger partial charge is 0.407 e. The summed E-state index contributed by atoms with van der Waals surface area (Å²) in [6, 6.07) is 9.61. The van der Waals surface area contributed by atoms with Gasteiger partial charge in [-0.05, 0) is 32.8 Å². The number of benzene rings is 1. The fraction of sp³-hybridized carbons (Fsp3) is 0.467. The Bertz CT molecular complexity index is 426. The molecular formula is C15H22N2O3. The predicted octanol–water partition coefficient (Wildman–Crippen LogP) is 1.87. The molecule has 0 unspecified atom stereocenters. The molecule has 0 radical (unpaired) electrons. The SMILES string of the molecule is CC(C)(C)OC(=O)NC[C@H](Cc1ccccc1)NC=O. The highest BCUT2D eigenvalue weighted by Crippen LogP contribution is 2.07. The van der Waals surface area contributed by atoms with E-state index in [2.05, 4.69) is 10.6 Å². The molecule has 0 bridgehead atoms. The Hall–Kier alpha value is -2.04. The summed E-state index contributed by atoms with van der Waals surface area (Å²) in [5.74, 6) is 0. The molecule has 2 amide bonds. The quantitative estimate of drug-likeness (QED) is 0.781. The Labute approximate surface area is 119 Å². The van der Waals surface area contributed by atoms with Crippen molar-refractivity contribution in [2.45, 2.75) is 38.8 Å². The van der Waals surface area contributed by atoms with Crippen LogP contribution in [0.25, 0.3) is 0 Å². The first-order valence-electron chi connectivity index (χ1n) is 6.61. The minimum Gasteiger partial charge on any atom is -0.444 e. The molecule has 0 saturated heterocycles. The summed E-state index contributed by atoms with van der Waals surface area (Å²) in [5.41, 5.74) is 0.565. The largest absolute Gasteiger partial charge is 0.444 e. The molecule has 0 aliphatic carbocycles. The van der Waals surface area contributed by atoms with E-state index < -0.39 is 11.7 Å². The van der Waals surface area contributed by atoms with E-state index in [9.17, 15) is 9.59 Å². The van der Waals surface area contributed by atoms with Crippen LogP contribution in [0, 0.1) is 0 Å². The van der Waals surface area contributed by atoms with Crippen LogP contribution in [0.15, 0.2) is 30.3 Å². The van der Waals surface area contributed by atoms with Gasteiger partial charge in [0.25, 0.3) is 0 Å². The van der Waals surface area contributed by atoms with E-state index in [0.29, 0.717) is 19.4 Å². The van der Waals surface area contributed by atoms with E-state index in [1.807, 2.05) is 30.3 Å². The van der Waals surface area contributed by atoms with Gasteiger partial charge in [0.2, 0.25) is 6.41 Å². The minimum absolute atomic E-state index is 0.164. The highest BCUT2D eigenvalue weighted by atomic mass is 16.6. The van der Waals surface area contributed by atoms with Crippen LogP contribution >= 0.6 is 0 Å². The highest BCUT2D eigenvalue weighted by molar-refractivity contribution is 5.67. The topological polar surface area (TPSA) is 67.4 Å². The summed E-state index contributed by atoms with van der Waals surface area (Å²) in [6.45, 7) is 5.73. The fourth-order valence-electron chi connectivity index (χ4n) is 1.71. The molecule has 0 aliphatic rings. The molecule has 0 saturated carbocycles. The van der Waals surface area contributed by atoms with Crippen molar-refractivity contribution in [1.82, 2.24) is 10.6 Å². The minimum atomic E-state index is -0.531. The standard InChI is InChI=1S/C15H22N2O3/c1-15(2,3)20-14(19)16-10-13(17-11-18)9-12-7-5-4-6-8-12/h4-8,11,13H,9-10H2,1-3H3,(H,16,19)(H,17,18)/t13-/m0/s1. The van der Waals surface area contributed by atoms with Crippen molar-refractivity contribution in [3.63, 3.8) is 0 Å². The van der Waals surface area contributed by atoms with Gasteiger partial charge in [0.1, 0.15) is 5.60 Å². The van der Waals surface area contributed by atoms with Gasteiger partial charge in [0.05, 0.1) is 6.04 Å². The van der Waals surface area contributed by atoms with Crippen LogP contribution in [0.4, 0.5) is 4.79 Å². The van der Waals surface area contributed by atoms with Gasteiger partial charge in [-0.3, -0.25) is 4.79 Å². The van der Waals surface area contributed by atoms with E-state index in [1.54, 1.807) is 20.8 Å². The van der Waals surface area contributed by atoms with Crippen molar-refractivity contribution in [2.75, 3.05) is 6.54 Å². The molecule has 110 valence electrons. The Balaban J connectivity index is 2.47. The zero-order valence-electron chi connectivity index (χ0n) is 12.2. The molecule has 0 spiro atoms.